The molecule has 1 fully saturated rings. The third-order valence-electron chi connectivity index (χ3n) is 3.52. The van der Waals surface area contributed by atoms with Gasteiger partial charge in [-0.05, 0) is 25.0 Å². The van der Waals surface area contributed by atoms with Gasteiger partial charge in [0.25, 0.3) is 0 Å². The van der Waals surface area contributed by atoms with Crippen molar-refractivity contribution in [3.63, 3.8) is 0 Å². The van der Waals surface area contributed by atoms with Gasteiger partial charge in [0.05, 0.1) is 6.61 Å². The second kappa shape index (κ2) is 4.37. The van der Waals surface area contributed by atoms with Crippen LogP contribution in [0.2, 0.25) is 0 Å². The average Bonchev–Trinajstić information content (AvgIpc) is 2.96. The summed E-state index contributed by atoms with van der Waals surface area (Å²) in [5, 5.41) is 13.9. The maximum atomic E-state index is 9.33. The fourth-order valence-corrected chi connectivity index (χ4v) is 3.76. The van der Waals surface area contributed by atoms with Crippen LogP contribution in [0.25, 0.3) is 0 Å². The van der Waals surface area contributed by atoms with Crippen molar-refractivity contribution in [2.24, 2.45) is 0 Å². The number of fused-ring (bicyclic) bond motifs is 1. The van der Waals surface area contributed by atoms with Crippen LogP contribution in [0.3, 0.4) is 0 Å². The molecule has 1 N–H and O–H groups in total. The number of aliphatic hydroxyl groups is 1. The maximum Gasteiger partial charge on any atom is 0.154 e. The highest BCUT2D eigenvalue weighted by atomic mass is 32.2. The molecule has 1 saturated heterocycles. The molecule has 2 aliphatic heterocycles. The number of aliphatic hydroxyl groups excluding tert-OH is 1. The topological polar surface area (TPSA) is 50.9 Å². The molecule has 88 valence electrons. The van der Waals surface area contributed by atoms with Crippen LogP contribution in [0.4, 0.5) is 0 Å². The number of aryl methyl sites for hydroxylation is 1. The highest BCUT2D eigenvalue weighted by molar-refractivity contribution is 7.99. The van der Waals surface area contributed by atoms with Gasteiger partial charge in [0, 0.05) is 24.1 Å². The van der Waals surface area contributed by atoms with Crippen LogP contribution < -0.4 is 0 Å². The summed E-state index contributed by atoms with van der Waals surface area (Å²) >= 11 is 1.99. The van der Waals surface area contributed by atoms with E-state index in [4.69, 9.17) is 0 Å². The van der Waals surface area contributed by atoms with Crippen LogP contribution in [-0.2, 0) is 6.54 Å². The standard InChI is InChI=1S/C11H17N3OS/c15-6-8-2-1-4-14-11(8)12-10(13-14)9-3-5-16-7-9/h8-9,15H,1-7H2. The zero-order chi connectivity index (χ0) is 11.0. The van der Waals surface area contributed by atoms with E-state index in [0.29, 0.717) is 5.92 Å². The first-order valence-corrected chi connectivity index (χ1v) is 7.17. The van der Waals surface area contributed by atoms with E-state index in [1.54, 1.807) is 0 Å². The van der Waals surface area contributed by atoms with Crippen molar-refractivity contribution < 1.29 is 5.11 Å². The highest BCUT2D eigenvalue weighted by Gasteiger charge is 2.27. The van der Waals surface area contributed by atoms with E-state index in [0.717, 1.165) is 36.8 Å². The van der Waals surface area contributed by atoms with Crippen LogP contribution in [0.5, 0.6) is 0 Å². The van der Waals surface area contributed by atoms with E-state index in [9.17, 15) is 5.11 Å². The summed E-state index contributed by atoms with van der Waals surface area (Å²) in [6, 6.07) is 0. The van der Waals surface area contributed by atoms with E-state index in [2.05, 4.69) is 10.1 Å². The van der Waals surface area contributed by atoms with Gasteiger partial charge in [-0.15, -0.1) is 0 Å². The Morgan fingerprint density at radius 3 is 3.12 bits per heavy atom. The zero-order valence-corrected chi connectivity index (χ0v) is 10.1. The summed E-state index contributed by atoms with van der Waals surface area (Å²) in [7, 11) is 0. The average molecular weight is 239 g/mol. The Balaban J connectivity index is 1.89. The predicted octanol–water partition coefficient (Wildman–Crippen LogP) is 1.37. The van der Waals surface area contributed by atoms with Crippen molar-refractivity contribution in [2.75, 3.05) is 18.1 Å². The first-order chi connectivity index (χ1) is 7.88. The normalized spacial score (nSPS) is 29.3. The molecule has 2 unspecified atom stereocenters. The minimum Gasteiger partial charge on any atom is -0.396 e. The molecule has 1 aromatic heterocycles. The van der Waals surface area contributed by atoms with E-state index in [1.165, 1.54) is 12.2 Å². The van der Waals surface area contributed by atoms with Crippen LogP contribution in [-0.4, -0.2) is 38.0 Å². The first kappa shape index (κ1) is 10.6. The summed E-state index contributed by atoms with van der Waals surface area (Å²) in [4.78, 5) is 4.66. The molecule has 0 spiro atoms. The predicted molar refractivity (Wildman–Crippen MR) is 63.8 cm³/mol. The van der Waals surface area contributed by atoms with Crippen molar-refractivity contribution in [3.8, 4) is 0 Å². The number of hydrogen-bond acceptors (Lipinski definition) is 4. The minimum absolute atomic E-state index is 0.206. The van der Waals surface area contributed by atoms with Crippen molar-refractivity contribution in [2.45, 2.75) is 37.6 Å². The SMILES string of the molecule is OCC1CCCn2nc(C3CCSC3)nc21. The van der Waals surface area contributed by atoms with Crippen LogP contribution >= 0.6 is 11.8 Å². The summed E-state index contributed by atoms with van der Waals surface area (Å²) in [6.07, 6.45) is 3.37. The van der Waals surface area contributed by atoms with Gasteiger partial charge in [0.15, 0.2) is 5.82 Å². The second-order valence-electron chi connectivity index (χ2n) is 4.63. The van der Waals surface area contributed by atoms with Crippen LogP contribution in [0.1, 0.15) is 42.7 Å². The van der Waals surface area contributed by atoms with Gasteiger partial charge in [-0.3, -0.25) is 0 Å². The molecule has 0 radical (unpaired) electrons. The fourth-order valence-electron chi connectivity index (χ4n) is 2.54. The molecule has 0 saturated carbocycles. The Hall–Kier alpha value is -0.550. The van der Waals surface area contributed by atoms with Crippen LogP contribution in [0, 0.1) is 0 Å². The molecule has 3 heterocycles. The van der Waals surface area contributed by atoms with Gasteiger partial charge in [-0.1, -0.05) is 0 Å². The molecule has 0 aromatic carbocycles. The minimum atomic E-state index is 0.206. The Kier molecular flexibility index (Phi) is 2.90. The zero-order valence-electron chi connectivity index (χ0n) is 9.30. The lowest BCUT2D eigenvalue weighted by Gasteiger charge is -2.19. The molecular weight excluding hydrogens is 222 g/mol. The lowest BCUT2D eigenvalue weighted by molar-refractivity contribution is 0.234. The Labute approximate surface area is 99.4 Å². The quantitative estimate of drug-likeness (QED) is 0.847. The molecule has 5 heteroatoms. The summed E-state index contributed by atoms with van der Waals surface area (Å²) in [5.41, 5.74) is 0. The number of rotatable bonds is 2. The van der Waals surface area contributed by atoms with Gasteiger partial charge in [-0.2, -0.15) is 16.9 Å². The number of hydrogen-bond donors (Lipinski definition) is 1. The van der Waals surface area contributed by atoms with Crippen molar-refractivity contribution in [1.82, 2.24) is 14.8 Å². The molecule has 3 rings (SSSR count). The largest absolute Gasteiger partial charge is 0.396 e. The van der Waals surface area contributed by atoms with Gasteiger partial charge in [0.1, 0.15) is 5.82 Å². The second-order valence-corrected chi connectivity index (χ2v) is 5.78. The summed E-state index contributed by atoms with van der Waals surface area (Å²) in [5.74, 6) is 5.18. The van der Waals surface area contributed by atoms with Crippen molar-refractivity contribution in [3.05, 3.63) is 11.6 Å². The van der Waals surface area contributed by atoms with Crippen molar-refractivity contribution >= 4 is 11.8 Å². The Bertz CT molecular complexity index is 373. The third kappa shape index (κ3) is 1.76. The van der Waals surface area contributed by atoms with Crippen molar-refractivity contribution in [1.29, 1.82) is 0 Å². The number of thioether (sulfide) groups is 1. The van der Waals surface area contributed by atoms with E-state index in [-0.39, 0.29) is 12.5 Å². The van der Waals surface area contributed by atoms with Gasteiger partial charge in [-0.25, -0.2) is 9.67 Å². The molecule has 4 nitrogen and oxygen atoms in total. The molecule has 0 amide bonds. The van der Waals surface area contributed by atoms with E-state index < -0.39 is 0 Å². The van der Waals surface area contributed by atoms with Crippen LogP contribution in [0.15, 0.2) is 0 Å². The first-order valence-electron chi connectivity index (χ1n) is 6.01. The van der Waals surface area contributed by atoms with E-state index >= 15 is 0 Å². The molecule has 2 atom stereocenters. The molecule has 16 heavy (non-hydrogen) atoms. The molecule has 0 aliphatic carbocycles. The van der Waals surface area contributed by atoms with Gasteiger partial charge in [0.2, 0.25) is 0 Å². The maximum absolute atomic E-state index is 9.33. The fraction of sp³-hybridized carbons (Fsp3) is 0.818. The Morgan fingerprint density at radius 1 is 1.44 bits per heavy atom. The van der Waals surface area contributed by atoms with E-state index in [1.807, 2.05) is 16.4 Å². The lowest BCUT2D eigenvalue weighted by Crippen LogP contribution is -2.19. The Morgan fingerprint density at radius 2 is 2.38 bits per heavy atom. The molecule has 1 aromatic rings. The van der Waals surface area contributed by atoms with Gasteiger partial charge < -0.3 is 5.11 Å². The monoisotopic (exact) mass is 239 g/mol. The number of aromatic nitrogens is 3. The summed E-state index contributed by atoms with van der Waals surface area (Å²) in [6.45, 7) is 1.18. The van der Waals surface area contributed by atoms with Gasteiger partial charge >= 0.3 is 0 Å². The smallest absolute Gasteiger partial charge is 0.154 e. The third-order valence-corrected chi connectivity index (χ3v) is 4.68. The summed E-state index contributed by atoms with van der Waals surface area (Å²) < 4.78 is 2.02. The lowest BCUT2D eigenvalue weighted by atomic mass is 10.0. The molecule has 0 bridgehead atoms. The highest BCUT2D eigenvalue weighted by Crippen LogP contribution is 2.32. The number of nitrogens with zero attached hydrogens (tertiary/aromatic N) is 3. The molecule has 2 aliphatic rings. The molecular formula is C11H17N3OS.